The molecule has 0 radical (unpaired) electrons. The maximum absolute atomic E-state index is 14.0. The lowest BCUT2D eigenvalue weighted by molar-refractivity contribution is -0.144. The van der Waals surface area contributed by atoms with Gasteiger partial charge in [0.1, 0.15) is 23.3 Å². The predicted octanol–water partition coefficient (Wildman–Crippen LogP) is 6.06. The number of halogens is 6. The number of amides is 3. The van der Waals surface area contributed by atoms with Gasteiger partial charge < -0.3 is 30.5 Å². The van der Waals surface area contributed by atoms with E-state index in [-0.39, 0.29) is 55.4 Å². The SMILES string of the molecule is CC(C)(C)OC(=O)NCCNC(=O)CCCC1CCN(c2cc(N3CCC[C@H]3C(=O)NCCC3C=CC(C(F)(F)F)=CC3)nc(C(F)(F)F)n2)CC1. The summed E-state index contributed by atoms with van der Waals surface area (Å²) < 4.78 is 85.7. The summed E-state index contributed by atoms with van der Waals surface area (Å²) in [6.07, 6.45) is -1.32. The van der Waals surface area contributed by atoms with Crippen molar-refractivity contribution >= 4 is 29.5 Å². The first-order valence-electron chi connectivity index (χ1n) is 17.8. The summed E-state index contributed by atoms with van der Waals surface area (Å²) in [7, 11) is 0. The van der Waals surface area contributed by atoms with E-state index >= 15 is 0 Å². The molecule has 11 nitrogen and oxygen atoms in total. The molecule has 1 aliphatic carbocycles. The minimum Gasteiger partial charge on any atom is -0.444 e. The molecular formula is C35H49F6N7O4. The number of hydrogen-bond donors (Lipinski definition) is 3. The minimum atomic E-state index is -4.80. The maximum Gasteiger partial charge on any atom is 0.451 e. The molecule has 0 bridgehead atoms. The van der Waals surface area contributed by atoms with Crippen molar-refractivity contribution in [1.29, 1.82) is 0 Å². The summed E-state index contributed by atoms with van der Waals surface area (Å²) in [6, 6.07) is 0.757. The van der Waals surface area contributed by atoms with Crippen LogP contribution in [0.15, 0.2) is 29.9 Å². The van der Waals surface area contributed by atoms with Crippen LogP contribution in [0.25, 0.3) is 0 Å². The topological polar surface area (TPSA) is 129 Å². The molecule has 3 amide bonds. The Balaban J connectivity index is 1.25. The van der Waals surface area contributed by atoms with Crippen molar-refractivity contribution in [2.24, 2.45) is 11.8 Å². The molecule has 3 heterocycles. The number of hydrogen-bond acceptors (Lipinski definition) is 8. The Hall–Kier alpha value is -4.05. The van der Waals surface area contributed by atoms with Gasteiger partial charge in [-0.25, -0.2) is 14.8 Å². The van der Waals surface area contributed by atoms with Crippen LogP contribution in [0.1, 0.15) is 84.4 Å². The van der Waals surface area contributed by atoms with E-state index in [9.17, 15) is 40.7 Å². The Morgan fingerprint density at radius 2 is 1.56 bits per heavy atom. The minimum absolute atomic E-state index is 0.0180. The van der Waals surface area contributed by atoms with Crippen LogP contribution in [0.3, 0.4) is 0 Å². The van der Waals surface area contributed by atoms with Crippen molar-refractivity contribution in [1.82, 2.24) is 25.9 Å². The van der Waals surface area contributed by atoms with Crippen molar-refractivity contribution in [3.63, 3.8) is 0 Å². The van der Waals surface area contributed by atoms with Crippen LogP contribution in [0.5, 0.6) is 0 Å². The zero-order valence-corrected chi connectivity index (χ0v) is 29.8. The highest BCUT2D eigenvalue weighted by molar-refractivity contribution is 5.85. The molecule has 1 aromatic heterocycles. The van der Waals surface area contributed by atoms with Gasteiger partial charge in [-0.15, -0.1) is 0 Å². The molecular weight excluding hydrogens is 696 g/mol. The smallest absolute Gasteiger partial charge is 0.444 e. The highest BCUT2D eigenvalue weighted by Gasteiger charge is 2.39. The molecule has 52 heavy (non-hydrogen) atoms. The molecule has 0 spiro atoms. The van der Waals surface area contributed by atoms with Crippen LogP contribution >= 0.6 is 0 Å². The van der Waals surface area contributed by atoms with Crippen LogP contribution < -0.4 is 25.8 Å². The van der Waals surface area contributed by atoms with Gasteiger partial charge in [0, 0.05) is 51.8 Å². The second-order valence-corrected chi connectivity index (χ2v) is 14.5. The fraction of sp³-hybridized carbons (Fsp3) is 0.686. The molecule has 1 unspecified atom stereocenters. The molecule has 2 atom stereocenters. The van der Waals surface area contributed by atoms with Crippen LogP contribution in [0.4, 0.5) is 42.8 Å². The van der Waals surface area contributed by atoms with Crippen LogP contribution in [0, 0.1) is 11.8 Å². The number of carbonyl (C=O) groups excluding carboxylic acids is 3. The number of alkyl carbamates (subject to hydrolysis) is 1. The molecule has 2 saturated heterocycles. The lowest BCUT2D eigenvalue weighted by Crippen LogP contribution is -2.44. The molecule has 3 aliphatic rings. The van der Waals surface area contributed by atoms with Crippen molar-refractivity contribution < 1.29 is 45.5 Å². The number of allylic oxidation sites excluding steroid dienone is 4. The maximum atomic E-state index is 14.0. The van der Waals surface area contributed by atoms with Gasteiger partial charge in [-0.05, 0) is 84.0 Å². The second-order valence-electron chi connectivity index (χ2n) is 14.5. The Labute approximate surface area is 300 Å². The number of alkyl halides is 6. The van der Waals surface area contributed by atoms with Gasteiger partial charge in [-0.3, -0.25) is 9.59 Å². The summed E-state index contributed by atoms with van der Waals surface area (Å²) in [5.41, 5.74) is -1.30. The van der Waals surface area contributed by atoms with Gasteiger partial charge in [-0.2, -0.15) is 26.3 Å². The van der Waals surface area contributed by atoms with E-state index in [1.54, 1.807) is 30.6 Å². The van der Waals surface area contributed by atoms with Gasteiger partial charge in [0.05, 0.1) is 5.57 Å². The average molecular weight is 746 g/mol. The first-order valence-corrected chi connectivity index (χ1v) is 17.8. The molecule has 17 heteroatoms. The molecule has 2 fully saturated rings. The lowest BCUT2D eigenvalue weighted by Gasteiger charge is -2.34. The summed E-state index contributed by atoms with van der Waals surface area (Å²) in [4.78, 5) is 48.1. The van der Waals surface area contributed by atoms with E-state index in [4.69, 9.17) is 4.74 Å². The Morgan fingerprint density at radius 3 is 2.19 bits per heavy atom. The number of aromatic nitrogens is 2. The fourth-order valence-corrected chi connectivity index (χ4v) is 6.53. The van der Waals surface area contributed by atoms with E-state index in [0.29, 0.717) is 70.5 Å². The number of nitrogens with one attached hydrogen (secondary N) is 3. The van der Waals surface area contributed by atoms with E-state index in [1.807, 2.05) is 0 Å². The van der Waals surface area contributed by atoms with E-state index < -0.39 is 41.5 Å². The predicted molar refractivity (Wildman–Crippen MR) is 182 cm³/mol. The molecule has 1 aromatic rings. The third-order valence-electron chi connectivity index (χ3n) is 9.20. The number of ether oxygens (including phenoxy) is 1. The van der Waals surface area contributed by atoms with Gasteiger partial charge in [0.15, 0.2) is 0 Å². The number of nitrogens with zero attached hydrogens (tertiary/aromatic N) is 4. The monoisotopic (exact) mass is 745 g/mol. The third kappa shape index (κ3) is 12.6. The van der Waals surface area contributed by atoms with Crippen LogP contribution in [0.2, 0.25) is 0 Å². The lowest BCUT2D eigenvalue weighted by atomic mass is 9.91. The molecule has 0 aromatic carbocycles. The Bertz CT molecular complexity index is 1450. The summed E-state index contributed by atoms with van der Waals surface area (Å²) in [6.45, 7) is 7.27. The highest BCUT2D eigenvalue weighted by atomic mass is 19.4. The Kier molecular flexibility index (Phi) is 13.8. The molecule has 2 aliphatic heterocycles. The van der Waals surface area contributed by atoms with Crippen LogP contribution in [-0.2, 0) is 20.5 Å². The molecule has 290 valence electrons. The fourth-order valence-electron chi connectivity index (χ4n) is 6.53. The molecule has 3 N–H and O–H groups in total. The van der Waals surface area contributed by atoms with Gasteiger partial charge in [0.2, 0.25) is 17.6 Å². The first-order chi connectivity index (χ1) is 24.4. The highest BCUT2D eigenvalue weighted by Crippen LogP contribution is 2.35. The summed E-state index contributed by atoms with van der Waals surface area (Å²) in [5.74, 6) is -1.51. The zero-order chi connectivity index (χ0) is 38.1. The van der Waals surface area contributed by atoms with E-state index in [1.165, 1.54) is 12.1 Å². The number of carbonyl (C=O) groups is 3. The molecule has 0 saturated carbocycles. The number of rotatable bonds is 13. The van der Waals surface area contributed by atoms with Gasteiger partial charge in [-0.1, -0.05) is 18.2 Å². The van der Waals surface area contributed by atoms with E-state index in [2.05, 4.69) is 25.9 Å². The van der Waals surface area contributed by atoms with Crippen molar-refractivity contribution in [3.8, 4) is 0 Å². The largest absolute Gasteiger partial charge is 0.451 e. The van der Waals surface area contributed by atoms with Crippen molar-refractivity contribution in [2.75, 3.05) is 49.1 Å². The quantitative estimate of drug-likeness (QED) is 0.164. The standard InChI is InChI=1S/C35H49F6N7O4/c1-33(2,3)52-32(51)44-18-17-42-29(49)8-4-6-23-14-20-47(21-15-23)27-22-28(46-31(45-27)35(39,40)41)48-19-5-7-26(48)30(50)43-16-13-24-9-11-25(12-10-24)34(36,37)38/h9,11-12,22-24,26H,4-8,10,13-21H2,1-3H3,(H,42,49)(H,43,50)(H,44,51)/t24?,26-/m0/s1. The van der Waals surface area contributed by atoms with Crippen molar-refractivity contribution in [2.45, 2.75) is 103 Å². The first kappa shape index (κ1) is 40.7. The normalized spacial score (nSPS) is 20.1. The zero-order valence-electron chi connectivity index (χ0n) is 29.8. The number of anilines is 2. The van der Waals surface area contributed by atoms with Gasteiger partial charge in [0.25, 0.3) is 0 Å². The second kappa shape index (κ2) is 17.6. The van der Waals surface area contributed by atoms with Crippen molar-refractivity contribution in [3.05, 3.63) is 35.7 Å². The third-order valence-corrected chi connectivity index (χ3v) is 9.20. The average Bonchev–Trinajstić information content (AvgIpc) is 3.56. The summed E-state index contributed by atoms with van der Waals surface area (Å²) >= 11 is 0. The van der Waals surface area contributed by atoms with E-state index in [0.717, 1.165) is 18.6 Å². The number of piperidine rings is 1. The van der Waals surface area contributed by atoms with Crippen LogP contribution in [-0.4, -0.2) is 85.0 Å². The molecule has 4 rings (SSSR count). The summed E-state index contributed by atoms with van der Waals surface area (Å²) in [5, 5.41) is 8.15. The van der Waals surface area contributed by atoms with Gasteiger partial charge >= 0.3 is 18.4 Å². The Morgan fingerprint density at radius 1 is 0.865 bits per heavy atom.